The molecule has 2 aromatic rings. The third-order valence-corrected chi connectivity index (χ3v) is 3.64. The van der Waals surface area contributed by atoms with E-state index in [0.29, 0.717) is 6.42 Å². The van der Waals surface area contributed by atoms with Crippen molar-refractivity contribution in [2.45, 2.75) is 12.3 Å². The van der Waals surface area contributed by atoms with E-state index in [1.54, 1.807) is 21.3 Å². The van der Waals surface area contributed by atoms with Crippen molar-refractivity contribution in [2.75, 3.05) is 21.3 Å². The SMILES string of the molecule is COc1ccc([C@H](C=O)Cc2ccc(OC)cc2OC)cc1. The first-order chi connectivity index (χ1) is 10.7. The van der Waals surface area contributed by atoms with Crippen molar-refractivity contribution in [3.05, 3.63) is 53.6 Å². The summed E-state index contributed by atoms with van der Waals surface area (Å²) < 4.78 is 15.7. The maximum Gasteiger partial charge on any atom is 0.127 e. The number of carbonyl (C=O) groups is 1. The third-order valence-electron chi connectivity index (χ3n) is 3.64. The number of aldehydes is 1. The van der Waals surface area contributed by atoms with Crippen LogP contribution in [0.25, 0.3) is 0 Å². The van der Waals surface area contributed by atoms with E-state index >= 15 is 0 Å². The van der Waals surface area contributed by atoms with Gasteiger partial charge in [-0.3, -0.25) is 0 Å². The predicted octanol–water partition coefficient (Wildman–Crippen LogP) is 3.24. The van der Waals surface area contributed by atoms with Crippen LogP contribution in [0.4, 0.5) is 0 Å². The Labute approximate surface area is 130 Å². The molecule has 4 nitrogen and oxygen atoms in total. The van der Waals surface area contributed by atoms with Crippen LogP contribution in [0, 0.1) is 0 Å². The molecule has 116 valence electrons. The van der Waals surface area contributed by atoms with Crippen LogP contribution >= 0.6 is 0 Å². The van der Waals surface area contributed by atoms with Gasteiger partial charge in [0, 0.05) is 12.0 Å². The van der Waals surface area contributed by atoms with Crippen LogP contribution in [0.1, 0.15) is 17.0 Å². The van der Waals surface area contributed by atoms with Gasteiger partial charge in [0.2, 0.25) is 0 Å². The topological polar surface area (TPSA) is 44.8 Å². The lowest BCUT2D eigenvalue weighted by Crippen LogP contribution is -2.06. The molecular weight excluding hydrogens is 280 g/mol. The van der Waals surface area contributed by atoms with Gasteiger partial charge in [0.05, 0.1) is 21.3 Å². The van der Waals surface area contributed by atoms with E-state index in [4.69, 9.17) is 14.2 Å². The van der Waals surface area contributed by atoms with Crippen LogP contribution < -0.4 is 14.2 Å². The first-order valence-corrected chi connectivity index (χ1v) is 7.02. The van der Waals surface area contributed by atoms with Crippen molar-refractivity contribution < 1.29 is 19.0 Å². The first-order valence-electron chi connectivity index (χ1n) is 7.02. The van der Waals surface area contributed by atoms with Crippen LogP contribution in [0.15, 0.2) is 42.5 Å². The zero-order chi connectivity index (χ0) is 15.9. The second-order valence-electron chi connectivity index (χ2n) is 4.90. The molecule has 0 amide bonds. The standard InChI is InChI=1S/C18H20O4/c1-20-16-7-4-13(5-8-16)15(12-19)10-14-6-9-17(21-2)11-18(14)22-3/h4-9,11-12,15H,10H2,1-3H3/t15-/m0/s1. The molecule has 0 radical (unpaired) electrons. The quantitative estimate of drug-likeness (QED) is 0.736. The molecule has 0 aliphatic rings. The second-order valence-corrected chi connectivity index (χ2v) is 4.90. The zero-order valence-corrected chi connectivity index (χ0v) is 13.0. The van der Waals surface area contributed by atoms with Gasteiger partial charge < -0.3 is 19.0 Å². The molecule has 0 unspecified atom stereocenters. The van der Waals surface area contributed by atoms with Gasteiger partial charge in [0.25, 0.3) is 0 Å². The van der Waals surface area contributed by atoms with E-state index in [1.165, 1.54) is 0 Å². The van der Waals surface area contributed by atoms with Gasteiger partial charge in [-0.25, -0.2) is 0 Å². The molecule has 2 rings (SSSR count). The average Bonchev–Trinajstić information content (AvgIpc) is 2.59. The Balaban J connectivity index is 2.24. The summed E-state index contributed by atoms with van der Waals surface area (Å²) in [5.41, 5.74) is 1.92. The van der Waals surface area contributed by atoms with E-state index in [9.17, 15) is 4.79 Å². The smallest absolute Gasteiger partial charge is 0.127 e. The summed E-state index contributed by atoms with van der Waals surface area (Å²) in [6, 6.07) is 13.2. The molecule has 0 spiro atoms. The van der Waals surface area contributed by atoms with E-state index in [1.807, 2.05) is 42.5 Å². The Hall–Kier alpha value is -2.49. The lowest BCUT2D eigenvalue weighted by atomic mass is 9.92. The highest BCUT2D eigenvalue weighted by Gasteiger charge is 2.15. The third kappa shape index (κ3) is 3.58. The molecule has 0 aliphatic heterocycles. The van der Waals surface area contributed by atoms with Gasteiger partial charge in [0.1, 0.15) is 23.5 Å². The fourth-order valence-corrected chi connectivity index (χ4v) is 2.35. The first kappa shape index (κ1) is 15.9. The molecule has 0 fully saturated rings. The number of ether oxygens (including phenoxy) is 3. The van der Waals surface area contributed by atoms with Crippen molar-refractivity contribution >= 4 is 6.29 Å². The van der Waals surface area contributed by atoms with Crippen molar-refractivity contribution in [3.8, 4) is 17.2 Å². The van der Waals surface area contributed by atoms with Crippen LogP contribution in [-0.2, 0) is 11.2 Å². The summed E-state index contributed by atoms with van der Waals surface area (Å²) in [7, 11) is 4.84. The van der Waals surface area contributed by atoms with Gasteiger partial charge in [-0.15, -0.1) is 0 Å². The molecule has 0 N–H and O–H groups in total. The van der Waals surface area contributed by atoms with E-state index in [-0.39, 0.29) is 5.92 Å². The number of benzene rings is 2. The number of methoxy groups -OCH3 is 3. The zero-order valence-electron chi connectivity index (χ0n) is 13.0. The van der Waals surface area contributed by atoms with Crippen molar-refractivity contribution in [3.63, 3.8) is 0 Å². The van der Waals surface area contributed by atoms with Gasteiger partial charge in [-0.1, -0.05) is 18.2 Å². The monoisotopic (exact) mass is 300 g/mol. The Bertz CT molecular complexity index is 619. The summed E-state index contributed by atoms with van der Waals surface area (Å²) in [5.74, 6) is 2.00. The molecule has 0 aliphatic carbocycles. The normalized spacial score (nSPS) is 11.6. The predicted molar refractivity (Wildman–Crippen MR) is 85.0 cm³/mol. The maximum atomic E-state index is 11.5. The fraction of sp³-hybridized carbons (Fsp3) is 0.278. The van der Waals surface area contributed by atoms with Crippen molar-refractivity contribution in [2.24, 2.45) is 0 Å². The van der Waals surface area contributed by atoms with Crippen LogP contribution in [0.3, 0.4) is 0 Å². The molecular formula is C18H20O4. The highest BCUT2D eigenvalue weighted by Crippen LogP contribution is 2.29. The lowest BCUT2D eigenvalue weighted by molar-refractivity contribution is -0.109. The van der Waals surface area contributed by atoms with E-state index < -0.39 is 0 Å². The van der Waals surface area contributed by atoms with E-state index in [2.05, 4.69) is 0 Å². The summed E-state index contributed by atoms with van der Waals surface area (Å²) >= 11 is 0. The molecule has 0 aromatic heterocycles. The Morgan fingerprint density at radius 2 is 1.55 bits per heavy atom. The fourth-order valence-electron chi connectivity index (χ4n) is 2.35. The highest BCUT2D eigenvalue weighted by molar-refractivity contribution is 5.63. The maximum absolute atomic E-state index is 11.5. The Kier molecular flexibility index (Phi) is 5.42. The highest BCUT2D eigenvalue weighted by atomic mass is 16.5. The number of hydrogen-bond donors (Lipinski definition) is 0. The Morgan fingerprint density at radius 3 is 2.09 bits per heavy atom. The summed E-state index contributed by atoms with van der Waals surface area (Å²) in [4.78, 5) is 11.5. The van der Waals surface area contributed by atoms with Crippen LogP contribution in [-0.4, -0.2) is 27.6 Å². The Morgan fingerprint density at radius 1 is 0.909 bits per heavy atom. The molecule has 22 heavy (non-hydrogen) atoms. The minimum Gasteiger partial charge on any atom is -0.497 e. The lowest BCUT2D eigenvalue weighted by Gasteiger charge is -2.15. The van der Waals surface area contributed by atoms with Crippen LogP contribution in [0.2, 0.25) is 0 Å². The minimum atomic E-state index is -0.229. The molecule has 0 saturated heterocycles. The van der Waals surface area contributed by atoms with Crippen molar-refractivity contribution in [1.82, 2.24) is 0 Å². The summed E-state index contributed by atoms with van der Waals surface area (Å²) in [5, 5.41) is 0. The second kappa shape index (κ2) is 7.50. The van der Waals surface area contributed by atoms with Crippen LogP contribution in [0.5, 0.6) is 17.2 Å². The molecule has 0 bridgehead atoms. The van der Waals surface area contributed by atoms with Gasteiger partial charge in [-0.05, 0) is 35.7 Å². The average molecular weight is 300 g/mol. The van der Waals surface area contributed by atoms with Gasteiger partial charge in [0.15, 0.2) is 0 Å². The molecule has 2 aromatic carbocycles. The molecule has 4 heteroatoms. The molecule has 1 atom stereocenters. The number of hydrogen-bond acceptors (Lipinski definition) is 4. The summed E-state index contributed by atoms with van der Waals surface area (Å²) in [6.45, 7) is 0. The molecule has 0 heterocycles. The van der Waals surface area contributed by atoms with Gasteiger partial charge in [-0.2, -0.15) is 0 Å². The number of carbonyl (C=O) groups excluding carboxylic acids is 1. The van der Waals surface area contributed by atoms with Crippen molar-refractivity contribution in [1.29, 1.82) is 0 Å². The number of rotatable bonds is 7. The van der Waals surface area contributed by atoms with E-state index in [0.717, 1.165) is 34.7 Å². The molecule has 0 saturated carbocycles. The minimum absolute atomic E-state index is 0.229. The summed E-state index contributed by atoms with van der Waals surface area (Å²) in [6.07, 6.45) is 1.54. The largest absolute Gasteiger partial charge is 0.497 e. The van der Waals surface area contributed by atoms with Gasteiger partial charge >= 0.3 is 0 Å².